The summed E-state index contributed by atoms with van der Waals surface area (Å²) in [5.74, 6) is -2.42. The highest BCUT2D eigenvalue weighted by Gasteiger charge is 2.48. The Morgan fingerprint density at radius 3 is 2.27 bits per heavy atom. The molecule has 1 aromatic rings. The van der Waals surface area contributed by atoms with Gasteiger partial charge in [0.15, 0.2) is 6.10 Å². The molecule has 0 saturated carbocycles. The van der Waals surface area contributed by atoms with Gasteiger partial charge in [-0.1, -0.05) is 71.0 Å². The normalized spacial score (nSPS) is 29.7. The van der Waals surface area contributed by atoms with Crippen molar-refractivity contribution in [3.8, 4) is 0 Å². The number of ether oxygens (including phenoxy) is 3. The van der Waals surface area contributed by atoms with E-state index in [-0.39, 0.29) is 49.3 Å². The smallest absolute Gasteiger partial charge is 0.347 e. The van der Waals surface area contributed by atoms with Crippen molar-refractivity contribution in [1.29, 1.82) is 0 Å². The number of cyclic esters (lactones) is 2. The largest absolute Gasteiger partial charge is 0.459 e. The van der Waals surface area contributed by atoms with E-state index in [2.05, 4.69) is 10.6 Å². The van der Waals surface area contributed by atoms with Crippen molar-refractivity contribution in [2.75, 3.05) is 6.54 Å². The molecule has 0 aromatic heterocycles. The monoisotopic (exact) mass is 556 g/mol. The maximum Gasteiger partial charge on any atom is 0.347 e. The van der Waals surface area contributed by atoms with Gasteiger partial charge in [-0.2, -0.15) is 0 Å². The lowest BCUT2D eigenvalue weighted by Crippen LogP contribution is -2.52. The van der Waals surface area contributed by atoms with Crippen molar-refractivity contribution in [3.05, 3.63) is 48.0 Å². The van der Waals surface area contributed by atoms with E-state index in [1.165, 1.54) is 6.08 Å². The molecule has 2 N–H and O–H groups in total. The molecule has 0 unspecified atom stereocenters. The molecular weight excluding hydrogens is 512 g/mol. The summed E-state index contributed by atoms with van der Waals surface area (Å²) in [6, 6.07) is 9.04. The summed E-state index contributed by atoms with van der Waals surface area (Å²) >= 11 is 0. The molecule has 3 rings (SSSR count). The van der Waals surface area contributed by atoms with Gasteiger partial charge in [-0.15, -0.1) is 0 Å². The number of carbonyl (C=O) groups is 4. The van der Waals surface area contributed by atoms with E-state index in [4.69, 9.17) is 14.2 Å². The van der Waals surface area contributed by atoms with Crippen molar-refractivity contribution in [1.82, 2.24) is 10.6 Å². The number of epoxide rings is 1. The summed E-state index contributed by atoms with van der Waals surface area (Å²) in [5.41, 5.74) is -0.0776. The van der Waals surface area contributed by atoms with Crippen LogP contribution in [0.1, 0.15) is 73.0 Å². The first kappa shape index (κ1) is 31.3. The minimum Gasteiger partial charge on any atom is -0.459 e. The fourth-order valence-corrected chi connectivity index (χ4v) is 4.69. The van der Waals surface area contributed by atoms with Crippen LogP contribution in [0.3, 0.4) is 0 Å². The predicted octanol–water partition coefficient (Wildman–Crippen LogP) is 3.88. The van der Waals surface area contributed by atoms with E-state index in [9.17, 15) is 19.2 Å². The zero-order valence-corrected chi connectivity index (χ0v) is 24.6. The maximum atomic E-state index is 13.4. The Morgan fingerprint density at radius 2 is 1.65 bits per heavy atom. The average Bonchev–Trinajstić information content (AvgIpc) is 3.69. The van der Waals surface area contributed by atoms with Crippen molar-refractivity contribution < 1.29 is 33.4 Å². The molecule has 1 aromatic carbocycles. The molecular formula is C31H44N2O7. The van der Waals surface area contributed by atoms with Gasteiger partial charge in [-0.05, 0) is 43.7 Å². The lowest BCUT2D eigenvalue weighted by atomic mass is 9.92. The van der Waals surface area contributed by atoms with Crippen LogP contribution in [0.2, 0.25) is 0 Å². The fraction of sp³-hybridized carbons (Fsp3) is 0.613. The molecule has 2 amide bonds. The lowest BCUT2D eigenvalue weighted by molar-refractivity contribution is -0.179. The zero-order valence-electron chi connectivity index (χ0n) is 24.6. The Hall–Kier alpha value is -3.20. The summed E-state index contributed by atoms with van der Waals surface area (Å²) < 4.78 is 17.7. The fourth-order valence-electron chi connectivity index (χ4n) is 4.69. The van der Waals surface area contributed by atoms with Crippen LogP contribution in [0.4, 0.5) is 0 Å². The minimum atomic E-state index is -1.12. The minimum absolute atomic E-state index is 0.0252. The number of hydrogen-bond donors (Lipinski definition) is 2. The molecule has 1 saturated heterocycles. The number of carbonyl (C=O) groups excluding carboxylic acids is 4. The van der Waals surface area contributed by atoms with Crippen LogP contribution in [0.5, 0.6) is 0 Å². The molecule has 1 fully saturated rings. The number of amides is 2. The Labute approximate surface area is 237 Å². The number of hydrogen-bond acceptors (Lipinski definition) is 7. The molecule has 0 spiro atoms. The molecule has 9 nitrogen and oxygen atoms in total. The van der Waals surface area contributed by atoms with Gasteiger partial charge in [0.2, 0.25) is 11.8 Å². The summed E-state index contributed by atoms with van der Waals surface area (Å²) in [6.07, 6.45) is 1.50. The van der Waals surface area contributed by atoms with Gasteiger partial charge in [0.25, 0.3) is 0 Å². The quantitative estimate of drug-likeness (QED) is 0.403. The predicted molar refractivity (Wildman–Crippen MR) is 150 cm³/mol. The molecule has 9 heteroatoms. The van der Waals surface area contributed by atoms with E-state index in [0.717, 1.165) is 5.56 Å². The van der Waals surface area contributed by atoms with Crippen LogP contribution in [-0.2, 0) is 33.4 Å². The second-order valence-electron chi connectivity index (χ2n) is 12.3. The molecule has 0 bridgehead atoms. The van der Waals surface area contributed by atoms with Gasteiger partial charge in [0.1, 0.15) is 18.2 Å². The Kier molecular flexibility index (Phi) is 10.5. The first-order valence-corrected chi connectivity index (χ1v) is 14.2. The topological polar surface area (TPSA) is 123 Å². The highest BCUT2D eigenvalue weighted by Crippen LogP contribution is 2.45. The Bertz CT molecular complexity index is 1080. The third-order valence-electron chi connectivity index (χ3n) is 7.37. The summed E-state index contributed by atoms with van der Waals surface area (Å²) in [7, 11) is 0. The van der Waals surface area contributed by atoms with Crippen LogP contribution in [0, 0.1) is 23.2 Å². The zero-order chi connectivity index (χ0) is 29.6. The molecule has 0 radical (unpaired) electrons. The number of rotatable bonds is 6. The molecule has 2 aliphatic heterocycles. The van der Waals surface area contributed by atoms with Gasteiger partial charge in [-0.3, -0.25) is 14.4 Å². The molecule has 2 aliphatic rings. The number of nitrogens with one attached hydrogen (secondary N) is 2. The van der Waals surface area contributed by atoms with Gasteiger partial charge in [0, 0.05) is 18.9 Å². The van der Waals surface area contributed by atoms with E-state index in [0.29, 0.717) is 0 Å². The molecule has 0 aliphatic carbocycles. The Morgan fingerprint density at radius 1 is 0.975 bits per heavy atom. The highest BCUT2D eigenvalue weighted by molar-refractivity contribution is 5.93. The number of esters is 2. The van der Waals surface area contributed by atoms with Crippen molar-refractivity contribution >= 4 is 23.8 Å². The van der Waals surface area contributed by atoms with Gasteiger partial charge < -0.3 is 24.8 Å². The average molecular weight is 557 g/mol. The van der Waals surface area contributed by atoms with Crippen LogP contribution in [-0.4, -0.2) is 54.7 Å². The summed E-state index contributed by atoms with van der Waals surface area (Å²) in [6.45, 7) is 12.7. The third-order valence-corrected chi connectivity index (χ3v) is 7.37. The van der Waals surface area contributed by atoms with Crippen LogP contribution in [0.15, 0.2) is 42.5 Å². The SMILES string of the molecule is CC(C)C[C@@H]1OC(=O)C(C)(C)CNC(=O)[C@@H](C(C)C)NC(=O)/C=C/C[C@@H]([C@H](C)[C@H]2O[C@@H]2c2ccccc2)OC1=O. The van der Waals surface area contributed by atoms with Gasteiger partial charge >= 0.3 is 11.9 Å². The van der Waals surface area contributed by atoms with E-state index < -0.39 is 47.4 Å². The molecule has 2 heterocycles. The van der Waals surface area contributed by atoms with E-state index in [1.807, 2.05) is 65.0 Å². The first-order valence-electron chi connectivity index (χ1n) is 14.2. The molecule has 220 valence electrons. The number of benzene rings is 1. The maximum absolute atomic E-state index is 13.4. The third kappa shape index (κ3) is 8.40. The Balaban J connectivity index is 1.89. The lowest BCUT2D eigenvalue weighted by Gasteiger charge is -2.30. The van der Waals surface area contributed by atoms with Crippen molar-refractivity contribution in [2.45, 2.75) is 91.8 Å². The van der Waals surface area contributed by atoms with Crippen molar-refractivity contribution in [3.63, 3.8) is 0 Å². The standard InChI is InChI=1S/C31H44N2O7/c1-18(2)16-23-29(36)38-22(20(5)26-27(40-26)21-12-9-8-10-13-21)14-11-15-24(34)33-25(19(3)4)28(35)32-17-31(6,7)30(37)39-23/h8-13,15,18-20,22-23,25-27H,14,16-17H2,1-7H3,(H,32,35)(H,33,34)/b15-11+/t20-,22-,23-,25+,26+,27+/m0/s1. The van der Waals surface area contributed by atoms with Crippen molar-refractivity contribution in [2.24, 2.45) is 23.2 Å². The van der Waals surface area contributed by atoms with E-state index in [1.54, 1.807) is 19.9 Å². The van der Waals surface area contributed by atoms with Crippen LogP contribution < -0.4 is 10.6 Å². The molecule has 6 atom stereocenters. The van der Waals surface area contributed by atoms with Gasteiger partial charge in [0.05, 0.1) is 11.5 Å². The van der Waals surface area contributed by atoms with Crippen LogP contribution in [0.25, 0.3) is 0 Å². The summed E-state index contributed by atoms with van der Waals surface area (Å²) in [4.78, 5) is 52.3. The van der Waals surface area contributed by atoms with Crippen LogP contribution >= 0.6 is 0 Å². The van der Waals surface area contributed by atoms with Gasteiger partial charge in [-0.25, -0.2) is 4.79 Å². The second-order valence-corrected chi connectivity index (χ2v) is 12.3. The molecule has 40 heavy (non-hydrogen) atoms. The summed E-state index contributed by atoms with van der Waals surface area (Å²) in [5, 5.41) is 5.50. The second kappa shape index (κ2) is 13.4. The first-order chi connectivity index (χ1) is 18.8. The van der Waals surface area contributed by atoms with E-state index >= 15 is 0 Å². The highest BCUT2D eigenvalue weighted by atomic mass is 16.6.